The summed E-state index contributed by atoms with van der Waals surface area (Å²) in [7, 11) is 0. The molecule has 0 aliphatic heterocycles. The van der Waals surface area contributed by atoms with Crippen LogP contribution in [0.3, 0.4) is 0 Å². The minimum atomic E-state index is -4.35. The topological polar surface area (TPSA) is 64.4 Å². The molecule has 0 radical (unpaired) electrons. The molecule has 0 bridgehead atoms. The Labute approximate surface area is 133 Å². The average molecular weight is 330 g/mol. The Morgan fingerprint density at radius 3 is 2.57 bits per heavy atom. The number of nitrogens with two attached hydrogens (primary N) is 1. The van der Waals surface area contributed by atoms with Crippen molar-refractivity contribution in [1.82, 2.24) is 5.32 Å². The molecule has 2 unspecified atom stereocenters. The van der Waals surface area contributed by atoms with E-state index in [1.165, 1.54) is 12.1 Å². The van der Waals surface area contributed by atoms with Crippen molar-refractivity contribution < 1.29 is 22.7 Å². The van der Waals surface area contributed by atoms with Gasteiger partial charge in [-0.2, -0.15) is 13.2 Å². The van der Waals surface area contributed by atoms with E-state index in [1.54, 1.807) is 12.1 Å². The van der Waals surface area contributed by atoms with Gasteiger partial charge in [0.15, 0.2) is 6.61 Å². The minimum absolute atomic E-state index is 0.0162. The van der Waals surface area contributed by atoms with Crippen LogP contribution in [0.4, 0.5) is 13.2 Å². The number of alkyl halides is 3. The van der Waals surface area contributed by atoms with E-state index in [2.05, 4.69) is 10.1 Å². The second-order valence-electron chi connectivity index (χ2n) is 5.89. The molecule has 0 heterocycles. The fourth-order valence-corrected chi connectivity index (χ4v) is 2.67. The number of amides is 1. The summed E-state index contributed by atoms with van der Waals surface area (Å²) < 4.78 is 40.8. The number of ether oxygens (including phenoxy) is 1. The van der Waals surface area contributed by atoms with Gasteiger partial charge in [0.2, 0.25) is 5.91 Å². The lowest BCUT2D eigenvalue weighted by atomic mass is 9.85. The van der Waals surface area contributed by atoms with Crippen molar-refractivity contribution in [2.75, 3.05) is 6.61 Å². The Hall–Kier alpha value is -1.76. The van der Waals surface area contributed by atoms with Crippen LogP contribution in [0.1, 0.15) is 31.2 Å². The summed E-state index contributed by atoms with van der Waals surface area (Å²) in [4.78, 5) is 12.1. The lowest BCUT2D eigenvalue weighted by Gasteiger charge is -2.25. The Kier molecular flexibility index (Phi) is 5.87. The van der Waals surface area contributed by atoms with Gasteiger partial charge in [-0.05, 0) is 37.0 Å². The Morgan fingerprint density at radius 2 is 1.96 bits per heavy atom. The number of carbonyl (C=O) groups is 1. The van der Waals surface area contributed by atoms with Gasteiger partial charge in [0.1, 0.15) is 5.75 Å². The third kappa shape index (κ3) is 6.09. The predicted octanol–water partition coefficient (Wildman–Crippen LogP) is 2.76. The van der Waals surface area contributed by atoms with Gasteiger partial charge in [0, 0.05) is 18.5 Å². The molecule has 3 N–H and O–H groups in total. The van der Waals surface area contributed by atoms with Crippen LogP contribution in [-0.4, -0.2) is 24.7 Å². The van der Waals surface area contributed by atoms with E-state index in [0.717, 1.165) is 24.8 Å². The molecular weight excluding hydrogens is 309 g/mol. The summed E-state index contributed by atoms with van der Waals surface area (Å²) in [6.07, 6.45) is -0.874. The van der Waals surface area contributed by atoms with E-state index in [0.29, 0.717) is 13.0 Å². The van der Waals surface area contributed by atoms with E-state index in [9.17, 15) is 18.0 Å². The molecule has 1 amide bonds. The van der Waals surface area contributed by atoms with E-state index in [1.807, 2.05) is 0 Å². The number of benzene rings is 1. The molecule has 1 aliphatic rings. The van der Waals surface area contributed by atoms with Crippen LogP contribution in [0.15, 0.2) is 24.3 Å². The highest BCUT2D eigenvalue weighted by Crippen LogP contribution is 2.23. The standard InChI is InChI=1S/C16H21F3N2O2/c17-16(18,19)10-23-14-6-4-11(5-7-14)9-21-15(22)12-2-1-3-13(20)8-12/h4-7,12-13H,1-3,8-10,20H2,(H,21,22). The fourth-order valence-electron chi connectivity index (χ4n) is 2.67. The molecule has 0 saturated heterocycles. The van der Waals surface area contributed by atoms with E-state index in [4.69, 9.17) is 5.73 Å². The maximum absolute atomic E-state index is 12.1. The zero-order valence-corrected chi connectivity index (χ0v) is 12.7. The molecule has 23 heavy (non-hydrogen) atoms. The molecule has 1 aliphatic carbocycles. The summed E-state index contributed by atoms with van der Waals surface area (Å²) in [5, 5.41) is 2.85. The van der Waals surface area contributed by atoms with Crippen molar-refractivity contribution in [3.63, 3.8) is 0 Å². The van der Waals surface area contributed by atoms with Crippen molar-refractivity contribution >= 4 is 5.91 Å². The molecule has 4 nitrogen and oxygen atoms in total. The Morgan fingerprint density at radius 1 is 1.26 bits per heavy atom. The third-order valence-corrected chi connectivity index (χ3v) is 3.88. The number of halogens is 3. The summed E-state index contributed by atoms with van der Waals surface area (Å²) in [6.45, 7) is -0.977. The van der Waals surface area contributed by atoms with Crippen LogP contribution in [0, 0.1) is 5.92 Å². The monoisotopic (exact) mass is 330 g/mol. The van der Waals surface area contributed by atoms with Crippen LogP contribution in [-0.2, 0) is 11.3 Å². The van der Waals surface area contributed by atoms with Crippen LogP contribution in [0.2, 0.25) is 0 Å². The highest BCUT2D eigenvalue weighted by molar-refractivity contribution is 5.78. The van der Waals surface area contributed by atoms with E-state index >= 15 is 0 Å². The first-order chi connectivity index (χ1) is 10.8. The molecular formula is C16H21F3N2O2. The van der Waals surface area contributed by atoms with Gasteiger partial charge in [-0.3, -0.25) is 4.79 Å². The highest BCUT2D eigenvalue weighted by atomic mass is 19.4. The SMILES string of the molecule is NC1CCCC(C(=O)NCc2ccc(OCC(F)(F)F)cc2)C1. The first-order valence-corrected chi connectivity index (χ1v) is 7.65. The van der Waals surface area contributed by atoms with Crippen LogP contribution >= 0.6 is 0 Å². The summed E-state index contributed by atoms with van der Waals surface area (Å²) in [5.74, 6) is 0.0846. The fraction of sp³-hybridized carbons (Fsp3) is 0.562. The Bertz CT molecular complexity index is 517. The van der Waals surface area contributed by atoms with Crippen LogP contribution in [0.5, 0.6) is 5.75 Å². The van der Waals surface area contributed by atoms with E-state index in [-0.39, 0.29) is 23.6 Å². The number of hydrogen-bond acceptors (Lipinski definition) is 3. The number of carbonyl (C=O) groups excluding carboxylic acids is 1. The summed E-state index contributed by atoms with van der Waals surface area (Å²) in [5.41, 5.74) is 6.68. The van der Waals surface area contributed by atoms with Gasteiger partial charge >= 0.3 is 6.18 Å². The molecule has 1 saturated carbocycles. The van der Waals surface area contributed by atoms with Crippen molar-refractivity contribution in [2.45, 2.75) is 44.4 Å². The van der Waals surface area contributed by atoms with Crippen molar-refractivity contribution in [1.29, 1.82) is 0 Å². The highest BCUT2D eigenvalue weighted by Gasteiger charge is 2.28. The van der Waals surface area contributed by atoms with Gasteiger partial charge < -0.3 is 15.8 Å². The smallest absolute Gasteiger partial charge is 0.422 e. The quantitative estimate of drug-likeness (QED) is 0.872. The molecule has 2 rings (SSSR count). The molecule has 1 aromatic carbocycles. The van der Waals surface area contributed by atoms with E-state index < -0.39 is 12.8 Å². The zero-order valence-electron chi connectivity index (χ0n) is 12.7. The molecule has 1 fully saturated rings. The zero-order chi connectivity index (χ0) is 16.9. The van der Waals surface area contributed by atoms with Gasteiger partial charge in [-0.1, -0.05) is 18.6 Å². The number of nitrogens with one attached hydrogen (secondary N) is 1. The first-order valence-electron chi connectivity index (χ1n) is 7.65. The average Bonchev–Trinajstić information content (AvgIpc) is 2.51. The van der Waals surface area contributed by atoms with Crippen LogP contribution < -0.4 is 15.8 Å². The molecule has 0 aromatic heterocycles. The van der Waals surface area contributed by atoms with Crippen molar-refractivity contribution in [3.8, 4) is 5.75 Å². The largest absolute Gasteiger partial charge is 0.484 e. The third-order valence-electron chi connectivity index (χ3n) is 3.88. The molecule has 2 atom stereocenters. The molecule has 1 aromatic rings. The number of hydrogen-bond donors (Lipinski definition) is 2. The molecule has 128 valence electrons. The molecule has 0 spiro atoms. The van der Waals surface area contributed by atoms with Crippen molar-refractivity contribution in [2.24, 2.45) is 11.7 Å². The normalized spacial score (nSPS) is 21.7. The van der Waals surface area contributed by atoms with Crippen LogP contribution in [0.25, 0.3) is 0 Å². The second kappa shape index (κ2) is 7.68. The second-order valence-corrected chi connectivity index (χ2v) is 5.89. The lowest BCUT2D eigenvalue weighted by molar-refractivity contribution is -0.153. The first kappa shape index (κ1) is 17.6. The predicted molar refractivity (Wildman–Crippen MR) is 79.8 cm³/mol. The van der Waals surface area contributed by atoms with Gasteiger partial charge in [-0.15, -0.1) is 0 Å². The minimum Gasteiger partial charge on any atom is -0.484 e. The Balaban J connectivity index is 1.78. The lowest BCUT2D eigenvalue weighted by Crippen LogP contribution is -2.37. The van der Waals surface area contributed by atoms with Gasteiger partial charge in [0.25, 0.3) is 0 Å². The van der Waals surface area contributed by atoms with Crippen molar-refractivity contribution in [3.05, 3.63) is 29.8 Å². The summed E-state index contributed by atoms with van der Waals surface area (Å²) >= 11 is 0. The summed E-state index contributed by atoms with van der Waals surface area (Å²) in [6, 6.07) is 6.29. The molecule has 7 heteroatoms. The van der Waals surface area contributed by atoms with Gasteiger partial charge in [0.05, 0.1) is 0 Å². The van der Waals surface area contributed by atoms with Gasteiger partial charge in [-0.25, -0.2) is 0 Å². The maximum atomic E-state index is 12.1. The number of rotatable bonds is 5. The maximum Gasteiger partial charge on any atom is 0.422 e.